The average Bonchev–Trinajstić information content (AvgIpc) is 3.24. The van der Waals surface area contributed by atoms with Gasteiger partial charge in [-0.2, -0.15) is 5.10 Å². The summed E-state index contributed by atoms with van der Waals surface area (Å²) < 4.78 is 14.1. The van der Waals surface area contributed by atoms with E-state index in [1.54, 1.807) is 0 Å². The molecule has 2 aliphatic rings. The highest BCUT2D eigenvalue weighted by Gasteiger charge is 2.31. The van der Waals surface area contributed by atoms with Crippen molar-refractivity contribution >= 4 is 0 Å². The quantitative estimate of drug-likeness (QED) is 0.785. The molecule has 1 aromatic heterocycles. The van der Waals surface area contributed by atoms with Gasteiger partial charge in [0.05, 0.1) is 36.7 Å². The third-order valence-electron chi connectivity index (χ3n) is 4.21. The molecule has 1 aliphatic carbocycles. The molecule has 2 heterocycles. The Bertz CT molecular complexity index is 456. The summed E-state index contributed by atoms with van der Waals surface area (Å²) >= 11 is 0. The summed E-state index contributed by atoms with van der Waals surface area (Å²) in [6, 6.07) is 0.581. The van der Waals surface area contributed by atoms with Crippen molar-refractivity contribution in [3.05, 3.63) is 17.5 Å². The van der Waals surface area contributed by atoms with Crippen molar-refractivity contribution in [2.45, 2.75) is 64.4 Å². The second kappa shape index (κ2) is 6.90. The van der Waals surface area contributed by atoms with Crippen LogP contribution in [0.4, 0.5) is 0 Å². The number of hydrogen-bond donors (Lipinski definition) is 1. The number of nitrogens with one attached hydrogen (secondary N) is 1. The first-order chi connectivity index (χ1) is 10.3. The Morgan fingerprint density at radius 1 is 1.43 bits per heavy atom. The molecule has 1 N–H and O–H groups in total. The number of rotatable bonds is 7. The van der Waals surface area contributed by atoms with Gasteiger partial charge in [0, 0.05) is 25.3 Å². The van der Waals surface area contributed by atoms with Crippen molar-refractivity contribution in [2.75, 3.05) is 19.7 Å². The highest BCUT2D eigenvalue weighted by atomic mass is 16.5. The SMILES string of the molecule is CCCCOCc1c([C@H]2CNC[C@@H](C)O2)cnn1C1CC1. The number of nitrogens with zero attached hydrogens (tertiary/aromatic N) is 2. The third-order valence-corrected chi connectivity index (χ3v) is 4.21. The molecule has 5 heteroatoms. The van der Waals surface area contributed by atoms with Gasteiger partial charge in [0.1, 0.15) is 0 Å². The molecule has 1 aliphatic heterocycles. The van der Waals surface area contributed by atoms with Crippen LogP contribution in [0.2, 0.25) is 0 Å². The van der Waals surface area contributed by atoms with Gasteiger partial charge in [-0.1, -0.05) is 13.3 Å². The van der Waals surface area contributed by atoms with Crippen LogP contribution in [0.25, 0.3) is 0 Å². The Labute approximate surface area is 127 Å². The standard InChI is InChI=1S/C16H27N3O2/c1-3-4-7-20-11-15-14(9-18-19(15)13-5-6-13)16-10-17-8-12(2)21-16/h9,12-13,16-17H,3-8,10-11H2,1-2H3/t12-,16-/m1/s1. The lowest BCUT2D eigenvalue weighted by atomic mass is 10.1. The van der Waals surface area contributed by atoms with Gasteiger partial charge in [0.25, 0.3) is 0 Å². The Morgan fingerprint density at radius 3 is 3.00 bits per heavy atom. The first-order valence-corrected chi connectivity index (χ1v) is 8.29. The highest BCUT2D eigenvalue weighted by Crippen LogP contribution is 2.37. The van der Waals surface area contributed by atoms with Gasteiger partial charge in [0.15, 0.2) is 0 Å². The first kappa shape index (κ1) is 15.0. The van der Waals surface area contributed by atoms with E-state index in [-0.39, 0.29) is 12.2 Å². The summed E-state index contributed by atoms with van der Waals surface area (Å²) in [5.74, 6) is 0. The molecule has 2 atom stereocenters. The van der Waals surface area contributed by atoms with Crippen LogP contribution < -0.4 is 5.32 Å². The van der Waals surface area contributed by atoms with Gasteiger partial charge < -0.3 is 14.8 Å². The van der Waals surface area contributed by atoms with Gasteiger partial charge in [-0.05, 0) is 26.2 Å². The lowest BCUT2D eigenvalue weighted by Gasteiger charge is -2.29. The minimum atomic E-state index is 0.103. The van der Waals surface area contributed by atoms with E-state index in [1.165, 1.54) is 30.5 Å². The maximum Gasteiger partial charge on any atom is 0.0987 e. The van der Waals surface area contributed by atoms with Gasteiger partial charge in [-0.25, -0.2) is 0 Å². The summed E-state index contributed by atoms with van der Waals surface area (Å²) in [4.78, 5) is 0. The first-order valence-electron chi connectivity index (χ1n) is 8.29. The zero-order chi connectivity index (χ0) is 14.7. The second-order valence-corrected chi connectivity index (χ2v) is 6.22. The summed E-state index contributed by atoms with van der Waals surface area (Å²) in [6.07, 6.45) is 7.11. The maximum absolute atomic E-state index is 6.08. The van der Waals surface area contributed by atoms with Crippen molar-refractivity contribution in [1.82, 2.24) is 15.1 Å². The normalized spacial score (nSPS) is 26.2. The monoisotopic (exact) mass is 293 g/mol. The molecule has 1 aromatic rings. The minimum Gasteiger partial charge on any atom is -0.375 e. The molecule has 0 unspecified atom stereocenters. The smallest absolute Gasteiger partial charge is 0.0987 e. The van der Waals surface area contributed by atoms with E-state index in [4.69, 9.17) is 9.47 Å². The minimum absolute atomic E-state index is 0.103. The molecular formula is C16H27N3O2. The van der Waals surface area contributed by atoms with Crippen LogP contribution in [0.1, 0.15) is 62.9 Å². The van der Waals surface area contributed by atoms with E-state index < -0.39 is 0 Å². The van der Waals surface area contributed by atoms with Crippen LogP contribution in [0.3, 0.4) is 0 Å². The number of hydrogen-bond acceptors (Lipinski definition) is 4. The lowest BCUT2D eigenvalue weighted by Crippen LogP contribution is -2.39. The van der Waals surface area contributed by atoms with Gasteiger partial charge in [0.2, 0.25) is 0 Å². The fraction of sp³-hybridized carbons (Fsp3) is 0.812. The zero-order valence-electron chi connectivity index (χ0n) is 13.2. The molecule has 118 valence electrons. The highest BCUT2D eigenvalue weighted by molar-refractivity contribution is 5.22. The van der Waals surface area contributed by atoms with Gasteiger partial charge >= 0.3 is 0 Å². The summed E-state index contributed by atoms with van der Waals surface area (Å²) in [7, 11) is 0. The summed E-state index contributed by atoms with van der Waals surface area (Å²) in [5.41, 5.74) is 2.42. The largest absolute Gasteiger partial charge is 0.375 e. The molecule has 5 nitrogen and oxygen atoms in total. The summed E-state index contributed by atoms with van der Waals surface area (Å²) in [6.45, 7) is 7.57. The molecule has 1 saturated carbocycles. The Morgan fingerprint density at radius 2 is 2.29 bits per heavy atom. The fourth-order valence-electron chi connectivity index (χ4n) is 2.85. The second-order valence-electron chi connectivity index (χ2n) is 6.22. The number of unbranched alkanes of at least 4 members (excludes halogenated alkanes) is 1. The van der Waals surface area contributed by atoms with E-state index in [9.17, 15) is 0 Å². The molecule has 0 radical (unpaired) electrons. The van der Waals surface area contributed by atoms with Gasteiger partial charge in [-0.3, -0.25) is 4.68 Å². The van der Waals surface area contributed by atoms with Crippen molar-refractivity contribution < 1.29 is 9.47 Å². The van der Waals surface area contributed by atoms with E-state index >= 15 is 0 Å². The molecule has 0 spiro atoms. The van der Waals surface area contributed by atoms with Crippen LogP contribution in [0, 0.1) is 0 Å². The van der Waals surface area contributed by atoms with Crippen molar-refractivity contribution in [3.63, 3.8) is 0 Å². The van der Waals surface area contributed by atoms with E-state index in [1.807, 2.05) is 6.20 Å². The fourth-order valence-corrected chi connectivity index (χ4v) is 2.85. The van der Waals surface area contributed by atoms with E-state index in [0.29, 0.717) is 12.6 Å². The van der Waals surface area contributed by atoms with Crippen molar-refractivity contribution in [3.8, 4) is 0 Å². The van der Waals surface area contributed by atoms with Gasteiger partial charge in [-0.15, -0.1) is 0 Å². The Balaban J connectivity index is 1.72. The van der Waals surface area contributed by atoms with E-state index in [2.05, 4.69) is 28.9 Å². The van der Waals surface area contributed by atoms with Crippen molar-refractivity contribution in [2.24, 2.45) is 0 Å². The molecule has 1 saturated heterocycles. The van der Waals surface area contributed by atoms with E-state index in [0.717, 1.165) is 26.1 Å². The number of ether oxygens (including phenoxy) is 2. The molecule has 3 rings (SSSR count). The number of aromatic nitrogens is 2. The van der Waals surface area contributed by atoms with Crippen molar-refractivity contribution in [1.29, 1.82) is 0 Å². The topological polar surface area (TPSA) is 48.3 Å². The Hall–Kier alpha value is -0.910. The Kier molecular flexibility index (Phi) is 4.93. The lowest BCUT2D eigenvalue weighted by molar-refractivity contribution is -0.0300. The molecular weight excluding hydrogens is 266 g/mol. The summed E-state index contributed by atoms with van der Waals surface area (Å²) in [5, 5.41) is 8.04. The van der Waals surface area contributed by atoms with Crippen LogP contribution in [-0.4, -0.2) is 35.6 Å². The average molecular weight is 293 g/mol. The molecule has 0 aromatic carbocycles. The third kappa shape index (κ3) is 3.65. The molecule has 0 bridgehead atoms. The molecule has 0 amide bonds. The van der Waals surface area contributed by atoms with Crippen LogP contribution in [0.15, 0.2) is 6.20 Å². The zero-order valence-corrected chi connectivity index (χ0v) is 13.2. The van der Waals surface area contributed by atoms with Crippen LogP contribution >= 0.6 is 0 Å². The molecule has 21 heavy (non-hydrogen) atoms. The maximum atomic E-state index is 6.08. The van der Waals surface area contributed by atoms with Crippen LogP contribution in [0.5, 0.6) is 0 Å². The number of morpholine rings is 1. The molecule has 2 fully saturated rings. The predicted octanol–water partition coefficient (Wildman–Crippen LogP) is 2.58. The predicted molar refractivity (Wildman–Crippen MR) is 81.2 cm³/mol. The van der Waals surface area contributed by atoms with Crippen LogP contribution in [-0.2, 0) is 16.1 Å².